The van der Waals surface area contributed by atoms with E-state index in [9.17, 15) is 18.0 Å². The molecule has 24 heavy (non-hydrogen) atoms. The van der Waals surface area contributed by atoms with Crippen LogP contribution in [0, 0.1) is 5.92 Å². The summed E-state index contributed by atoms with van der Waals surface area (Å²) in [5, 5.41) is 9.16. The van der Waals surface area contributed by atoms with Crippen LogP contribution in [0.3, 0.4) is 0 Å². The zero-order valence-electron chi connectivity index (χ0n) is 13.4. The summed E-state index contributed by atoms with van der Waals surface area (Å²) in [6.45, 7) is 1.63. The molecule has 1 aliphatic rings. The molecule has 1 aromatic carbocycles. The first-order valence-electron chi connectivity index (χ1n) is 7.41. The highest BCUT2D eigenvalue weighted by atomic mass is 32.2. The Hall–Kier alpha value is -2.13. The first kappa shape index (κ1) is 18.2. The average molecular weight is 356 g/mol. The van der Waals surface area contributed by atoms with Crippen LogP contribution < -0.4 is 10.5 Å². The van der Waals surface area contributed by atoms with Gasteiger partial charge in [0.2, 0.25) is 10.0 Å². The van der Waals surface area contributed by atoms with Gasteiger partial charge in [-0.05, 0) is 38.0 Å². The van der Waals surface area contributed by atoms with E-state index in [4.69, 9.17) is 15.6 Å². The summed E-state index contributed by atoms with van der Waals surface area (Å²) >= 11 is 0. The van der Waals surface area contributed by atoms with E-state index in [0.717, 1.165) is 6.07 Å². The van der Waals surface area contributed by atoms with Crippen LogP contribution in [0.25, 0.3) is 0 Å². The molecule has 1 amide bonds. The highest BCUT2D eigenvalue weighted by Gasteiger charge is 2.37. The Balaban J connectivity index is 2.44. The highest BCUT2D eigenvalue weighted by molar-refractivity contribution is 7.89. The third-order valence-corrected chi connectivity index (χ3v) is 6.19. The van der Waals surface area contributed by atoms with Crippen molar-refractivity contribution in [2.75, 3.05) is 13.7 Å². The van der Waals surface area contributed by atoms with Gasteiger partial charge < -0.3 is 15.6 Å². The zero-order valence-corrected chi connectivity index (χ0v) is 14.2. The molecule has 1 heterocycles. The SMILES string of the molecule is COc1ccc(S(=O)(=O)N2CC(C(=O)O)CCC2C)cc1C(N)=O. The predicted molar refractivity (Wildman–Crippen MR) is 85.2 cm³/mol. The molecule has 0 spiro atoms. The molecular weight excluding hydrogens is 336 g/mol. The van der Waals surface area contributed by atoms with Crippen LogP contribution in [0.15, 0.2) is 23.1 Å². The van der Waals surface area contributed by atoms with Gasteiger partial charge in [-0.1, -0.05) is 0 Å². The van der Waals surface area contributed by atoms with Crippen molar-refractivity contribution < 1.29 is 27.9 Å². The molecule has 8 nitrogen and oxygen atoms in total. The Morgan fingerprint density at radius 2 is 2.00 bits per heavy atom. The number of piperidine rings is 1. The van der Waals surface area contributed by atoms with Crippen molar-refractivity contribution in [3.05, 3.63) is 23.8 Å². The summed E-state index contributed by atoms with van der Waals surface area (Å²) < 4.78 is 31.9. The maximum absolute atomic E-state index is 12.9. The van der Waals surface area contributed by atoms with E-state index in [1.165, 1.54) is 23.5 Å². The first-order chi connectivity index (χ1) is 11.2. The van der Waals surface area contributed by atoms with E-state index in [2.05, 4.69) is 0 Å². The number of sulfonamides is 1. The molecular formula is C15H20N2O6S. The van der Waals surface area contributed by atoms with Gasteiger partial charge in [0.05, 0.1) is 23.5 Å². The predicted octanol–water partition coefficient (Wildman–Crippen LogP) is 0.668. The fourth-order valence-corrected chi connectivity index (χ4v) is 4.52. The van der Waals surface area contributed by atoms with Crippen LogP contribution in [0.5, 0.6) is 5.75 Å². The number of carbonyl (C=O) groups is 2. The van der Waals surface area contributed by atoms with Gasteiger partial charge in [0.25, 0.3) is 5.91 Å². The Kier molecular flexibility index (Phi) is 5.14. The van der Waals surface area contributed by atoms with Gasteiger partial charge >= 0.3 is 5.97 Å². The number of ether oxygens (including phenoxy) is 1. The standard InChI is InChI=1S/C15H20N2O6S/c1-9-3-4-10(15(19)20)8-17(9)24(21,22)11-5-6-13(23-2)12(7-11)14(16)18/h5-7,9-10H,3-4,8H2,1-2H3,(H2,16,18)(H,19,20). The van der Waals surface area contributed by atoms with Gasteiger partial charge in [0, 0.05) is 12.6 Å². The molecule has 0 saturated carbocycles. The second kappa shape index (κ2) is 6.78. The van der Waals surface area contributed by atoms with Crippen molar-refractivity contribution in [3.63, 3.8) is 0 Å². The van der Waals surface area contributed by atoms with Crippen molar-refractivity contribution in [2.24, 2.45) is 11.7 Å². The van der Waals surface area contributed by atoms with Crippen LogP contribution in [0.2, 0.25) is 0 Å². The van der Waals surface area contributed by atoms with Gasteiger partial charge in [-0.2, -0.15) is 4.31 Å². The number of hydrogen-bond donors (Lipinski definition) is 2. The minimum absolute atomic E-state index is 0.0435. The number of primary amides is 1. The number of aliphatic carboxylic acids is 1. The van der Waals surface area contributed by atoms with Crippen LogP contribution in [0.4, 0.5) is 0 Å². The monoisotopic (exact) mass is 356 g/mol. The maximum Gasteiger partial charge on any atom is 0.307 e. The van der Waals surface area contributed by atoms with Crippen LogP contribution in [-0.4, -0.2) is 49.4 Å². The van der Waals surface area contributed by atoms with E-state index in [1.54, 1.807) is 6.92 Å². The number of carbonyl (C=O) groups excluding carboxylic acids is 1. The van der Waals surface area contributed by atoms with E-state index in [0.29, 0.717) is 12.8 Å². The molecule has 1 aromatic rings. The number of carboxylic acids is 1. The van der Waals surface area contributed by atoms with Crippen LogP contribution in [0.1, 0.15) is 30.1 Å². The summed E-state index contributed by atoms with van der Waals surface area (Å²) in [5.74, 6) is -2.39. The van der Waals surface area contributed by atoms with Crippen molar-refractivity contribution in [2.45, 2.75) is 30.7 Å². The van der Waals surface area contributed by atoms with Gasteiger partial charge in [-0.3, -0.25) is 9.59 Å². The summed E-state index contributed by atoms with van der Waals surface area (Å²) in [6.07, 6.45) is 0.882. The number of amides is 1. The van der Waals surface area contributed by atoms with E-state index < -0.39 is 27.8 Å². The molecule has 0 bridgehead atoms. The van der Waals surface area contributed by atoms with Crippen molar-refractivity contribution in [1.82, 2.24) is 4.31 Å². The minimum Gasteiger partial charge on any atom is -0.496 e. The lowest BCUT2D eigenvalue weighted by Crippen LogP contribution is -2.47. The number of hydrogen-bond acceptors (Lipinski definition) is 5. The Labute approximate surface area is 140 Å². The minimum atomic E-state index is -3.95. The molecule has 1 fully saturated rings. The average Bonchev–Trinajstić information content (AvgIpc) is 2.54. The number of nitrogens with two attached hydrogens (primary N) is 1. The smallest absolute Gasteiger partial charge is 0.307 e. The normalized spacial score (nSPS) is 22.1. The topological polar surface area (TPSA) is 127 Å². The van der Waals surface area contributed by atoms with Crippen molar-refractivity contribution in [1.29, 1.82) is 0 Å². The van der Waals surface area contributed by atoms with Crippen LogP contribution in [-0.2, 0) is 14.8 Å². The molecule has 2 rings (SSSR count). The van der Waals surface area contributed by atoms with Gasteiger partial charge in [-0.15, -0.1) is 0 Å². The second-order valence-electron chi connectivity index (χ2n) is 5.76. The largest absolute Gasteiger partial charge is 0.496 e. The lowest BCUT2D eigenvalue weighted by atomic mass is 9.96. The molecule has 0 radical (unpaired) electrons. The van der Waals surface area contributed by atoms with Gasteiger partial charge in [0.15, 0.2) is 0 Å². The van der Waals surface area contributed by atoms with E-state index >= 15 is 0 Å². The number of carboxylic acid groups (broad SMARTS) is 1. The first-order valence-corrected chi connectivity index (χ1v) is 8.85. The Bertz CT molecular complexity index is 761. The molecule has 1 aliphatic heterocycles. The van der Waals surface area contributed by atoms with Crippen molar-refractivity contribution >= 4 is 21.9 Å². The third kappa shape index (κ3) is 3.36. The Morgan fingerprint density at radius 3 is 2.54 bits per heavy atom. The fourth-order valence-electron chi connectivity index (χ4n) is 2.79. The lowest BCUT2D eigenvalue weighted by molar-refractivity contribution is -0.143. The molecule has 9 heteroatoms. The molecule has 1 saturated heterocycles. The van der Waals surface area contributed by atoms with Crippen molar-refractivity contribution in [3.8, 4) is 5.75 Å². The zero-order chi connectivity index (χ0) is 18.1. The van der Waals surface area contributed by atoms with Crippen LogP contribution >= 0.6 is 0 Å². The maximum atomic E-state index is 12.9. The van der Waals surface area contributed by atoms with Gasteiger partial charge in [0.1, 0.15) is 5.75 Å². The van der Waals surface area contributed by atoms with E-state index in [1.807, 2.05) is 0 Å². The number of benzene rings is 1. The summed E-state index contributed by atoms with van der Waals surface area (Å²) in [5.41, 5.74) is 5.22. The summed E-state index contributed by atoms with van der Waals surface area (Å²) in [6, 6.07) is 3.51. The van der Waals surface area contributed by atoms with Gasteiger partial charge in [-0.25, -0.2) is 8.42 Å². The molecule has 132 valence electrons. The third-order valence-electron chi connectivity index (χ3n) is 4.22. The van der Waals surface area contributed by atoms with E-state index in [-0.39, 0.29) is 28.8 Å². The Morgan fingerprint density at radius 1 is 1.33 bits per heavy atom. The number of methoxy groups -OCH3 is 1. The fraction of sp³-hybridized carbons (Fsp3) is 0.467. The summed E-state index contributed by atoms with van der Waals surface area (Å²) in [4.78, 5) is 22.6. The number of nitrogens with zero attached hydrogens (tertiary/aromatic N) is 1. The molecule has 0 aromatic heterocycles. The number of rotatable bonds is 5. The molecule has 0 aliphatic carbocycles. The molecule has 3 N–H and O–H groups in total. The highest BCUT2D eigenvalue weighted by Crippen LogP contribution is 2.30. The quantitative estimate of drug-likeness (QED) is 0.798. The molecule has 2 unspecified atom stereocenters. The summed E-state index contributed by atoms with van der Waals surface area (Å²) in [7, 11) is -2.60. The second-order valence-corrected chi connectivity index (χ2v) is 7.65. The lowest BCUT2D eigenvalue weighted by Gasteiger charge is -2.35. The molecule has 2 atom stereocenters.